The first-order valence-electron chi connectivity index (χ1n) is 8.27. The minimum absolute atomic E-state index is 0.0732. The molecule has 6 heteroatoms. The normalized spacial score (nSPS) is 10.3. The number of nitrogens with zero attached hydrogens (tertiary/aromatic N) is 1. The lowest BCUT2D eigenvalue weighted by molar-refractivity contribution is -0.114. The molecule has 0 aliphatic heterocycles. The van der Waals surface area contributed by atoms with Crippen LogP contribution < -0.4 is 10.6 Å². The van der Waals surface area contributed by atoms with E-state index in [1.165, 1.54) is 6.92 Å². The van der Waals surface area contributed by atoms with Crippen molar-refractivity contribution >= 4 is 28.8 Å². The van der Waals surface area contributed by atoms with Crippen LogP contribution in [0.25, 0.3) is 11.3 Å². The minimum Gasteiger partial charge on any atom is -0.352 e. The predicted octanol–water partition coefficient (Wildman–Crippen LogP) is 3.74. The van der Waals surface area contributed by atoms with Crippen molar-refractivity contribution in [3.63, 3.8) is 0 Å². The SMILES string of the molecule is CC(=O)Nc1ccc(-c2csc(CCNC(=O)c3ccccc3)n2)cc1. The third kappa shape index (κ3) is 4.77. The van der Waals surface area contributed by atoms with Crippen molar-refractivity contribution in [1.82, 2.24) is 10.3 Å². The second kappa shape index (κ2) is 8.40. The molecule has 0 saturated heterocycles. The first kappa shape index (κ1) is 17.8. The summed E-state index contributed by atoms with van der Waals surface area (Å²) in [6.07, 6.45) is 0.688. The smallest absolute Gasteiger partial charge is 0.251 e. The Labute approximate surface area is 156 Å². The van der Waals surface area contributed by atoms with Gasteiger partial charge in [0.05, 0.1) is 10.7 Å². The molecule has 0 spiro atoms. The van der Waals surface area contributed by atoms with Gasteiger partial charge in [0.15, 0.2) is 0 Å². The third-order valence-electron chi connectivity index (χ3n) is 3.71. The van der Waals surface area contributed by atoms with Gasteiger partial charge in [-0.1, -0.05) is 30.3 Å². The number of carbonyl (C=O) groups is 2. The average Bonchev–Trinajstić information content (AvgIpc) is 3.11. The summed E-state index contributed by atoms with van der Waals surface area (Å²) in [6.45, 7) is 2.03. The summed E-state index contributed by atoms with van der Waals surface area (Å²) in [5.41, 5.74) is 3.32. The van der Waals surface area contributed by atoms with Crippen molar-refractivity contribution in [3.8, 4) is 11.3 Å². The van der Waals surface area contributed by atoms with Gasteiger partial charge < -0.3 is 10.6 Å². The molecule has 0 fully saturated rings. The van der Waals surface area contributed by atoms with Crippen molar-refractivity contribution in [2.45, 2.75) is 13.3 Å². The fourth-order valence-electron chi connectivity index (χ4n) is 2.46. The molecule has 3 rings (SSSR count). The monoisotopic (exact) mass is 365 g/mol. The van der Waals surface area contributed by atoms with Gasteiger partial charge in [-0.3, -0.25) is 9.59 Å². The molecule has 132 valence electrons. The Morgan fingerprint density at radius 2 is 1.77 bits per heavy atom. The van der Waals surface area contributed by atoms with Gasteiger partial charge in [0.25, 0.3) is 5.91 Å². The lowest BCUT2D eigenvalue weighted by Gasteiger charge is -2.04. The lowest BCUT2D eigenvalue weighted by atomic mass is 10.1. The average molecular weight is 365 g/mol. The number of carbonyl (C=O) groups excluding carboxylic acids is 2. The number of amides is 2. The number of hydrogen-bond donors (Lipinski definition) is 2. The molecule has 2 amide bonds. The second-order valence-electron chi connectivity index (χ2n) is 5.76. The minimum atomic E-state index is -0.0914. The summed E-state index contributed by atoms with van der Waals surface area (Å²) in [5, 5.41) is 8.63. The van der Waals surface area contributed by atoms with Gasteiger partial charge in [0, 0.05) is 42.1 Å². The van der Waals surface area contributed by atoms with Crippen LogP contribution in [0.1, 0.15) is 22.3 Å². The largest absolute Gasteiger partial charge is 0.352 e. The summed E-state index contributed by atoms with van der Waals surface area (Å²) >= 11 is 1.57. The molecule has 0 saturated carbocycles. The summed E-state index contributed by atoms with van der Waals surface area (Å²) in [7, 11) is 0. The van der Waals surface area contributed by atoms with Gasteiger partial charge in [-0.25, -0.2) is 4.98 Å². The van der Waals surface area contributed by atoms with Gasteiger partial charge >= 0.3 is 0 Å². The molecule has 2 aromatic carbocycles. The molecule has 0 aliphatic rings. The lowest BCUT2D eigenvalue weighted by Crippen LogP contribution is -2.25. The molecule has 3 aromatic rings. The molecule has 1 aromatic heterocycles. The molecule has 0 unspecified atom stereocenters. The van der Waals surface area contributed by atoms with Gasteiger partial charge in [-0.15, -0.1) is 11.3 Å². The highest BCUT2D eigenvalue weighted by atomic mass is 32.1. The zero-order valence-electron chi connectivity index (χ0n) is 14.4. The van der Waals surface area contributed by atoms with Crippen LogP contribution in [-0.4, -0.2) is 23.3 Å². The van der Waals surface area contributed by atoms with E-state index in [1.54, 1.807) is 23.5 Å². The number of nitrogens with one attached hydrogen (secondary N) is 2. The summed E-state index contributed by atoms with van der Waals surface area (Å²) in [4.78, 5) is 27.7. The number of aromatic nitrogens is 1. The van der Waals surface area contributed by atoms with Crippen molar-refractivity contribution in [2.75, 3.05) is 11.9 Å². The van der Waals surface area contributed by atoms with Crippen LogP contribution in [0, 0.1) is 0 Å². The maximum Gasteiger partial charge on any atom is 0.251 e. The highest BCUT2D eigenvalue weighted by molar-refractivity contribution is 7.09. The van der Waals surface area contributed by atoms with E-state index >= 15 is 0 Å². The van der Waals surface area contributed by atoms with Crippen LogP contribution in [0.3, 0.4) is 0 Å². The topological polar surface area (TPSA) is 71.1 Å². The van der Waals surface area contributed by atoms with Crippen LogP contribution in [0.4, 0.5) is 5.69 Å². The zero-order valence-corrected chi connectivity index (χ0v) is 15.2. The van der Waals surface area contributed by atoms with Gasteiger partial charge in [0.2, 0.25) is 5.91 Å². The molecule has 2 N–H and O–H groups in total. The molecule has 26 heavy (non-hydrogen) atoms. The van der Waals surface area contributed by atoms with E-state index in [2.05, 4.69) is 15.6 Å². The quantitative estimate of drug-likeness (QED) is 0.699. The fourth-order valence-corrected chi connectivity index (χ4v) is 3.27. The summed E-state index contributed by atoms with van der Waals surface area (Å²) < 4.78 is 0. The molecule has 0 atom stereocenters. The molecule has 5 nitrogen and oxygen atoms in total. The zero-order chi connectivity index (χ0) is 18.4. The molecular formula is C20H19N3O2S. The standard InChI is InChI=1S/C20H19N3O2S/c1-14(24)22-17-9-7-15(8-10-17)18-13-26-19(23-18)11-12-21-20(25)16-5-3-2-4-6-16/h2-10,13H,11-12H2,1H3,(H,21,25)(H,22,24). The van der Waals surface area contributed by atoms with E-state index in [1.807, 2.05) is 47.8 Å². The van der Waals surface area contributed by atoms with Crippen LogP contribution >= 0.6 is 11.3 Å². The van der Waals surface area contributed by atoms with Crippen molar-refractivity contribution in [2.24, 2.45) is 0 Å². The van der Waals surface area contributed by atoms with Crippen molar-refractivity contribution in [1.29, 1.82) is 0 Å². The Bertz CT molecular complexity index is 889. The Hall–Kier alpha value is -2.99. The fraction of sp³-hybridized carbons (Fsp3) is 0.150. The maximum absolute atomic E-state index is 12.0. The number of rotatable bonds is 6. The number of thiazole rings is 1. The number of anilines is 1. The van der Waals surface area contributed by atoms with E-state index in [9.17, 15) is 9.59 Å². The Balaban J connectivity index is 1.54. The van der Waals surface area contributed by atoms with Crippen LogP contribution in [-0.2, 0) is 11.2 Å². The molecule has 1 heterocycles. The predicted molar refractivity (Wildman–Crippen MR) is 104 cm³/mol. The van der Waals surface area contributed by atoms with Gasteiger partial charge in [-0.2, -0.15) is 0 Å². The Morgan fingerprint density at radius 1 is 1.04 bits per heavy atom. The van der Waals surface area contributed by atoms with E-state index in [-0.39, 0.29) is 11.8 Å². The first-order chi connectivity index (χ1) is 12.6. The van der Waals surface area contributed by atoms with E-state index in [4.69, 9.17) is 0 Å². The molecule has 0 radical (unpaired) electrons. The van der Waals surface area contributed by atoms with E-state index in [0.29, 0.717) is 18.5 Å². The second-order valence-corrected chi connectivity index (χ2v) is 6.70. The van der Waals surface area contributed by atoms with Crippen LogP contribution in [0.5, 0.6) is 0 Å². The first-order valence-corrected chi connectivity index (χ1v) is 9.15. The van der Waals surface area contributed by atoms with Crippen LogP contribution in [0.15, 0.2) is 60.0 Å². The Kier molecular flexibility index (Phi) is 5.76. The maximum atomic E-state index is 12.0. The van der Waals surface area contributed by atoms with Crippen molar-refractivity contribution in [3.05, 3.63) is 70.5 Å². The van der Waals surface area contributed by atoms with Gasteiger partial charge in [0.1, 0.15) is 0 Å². The highest BCUT2D eigenvalue weighted by Crippen LogP contribution is 2.23. The highest BCUT2D eigenvalue weighted by Gasteiger charge is 2.07. The van der Waals surface area contributed by atoms with E-state index in [0.717, 1.165) is 22.0 Å². The molecular weight excluding hydrogens is 346 g/mol. The molecule has 0 aliphatic carbocycles. The third-order valence-corrected chi connectivity index (χ3v) is 4.62. The molecule has 0 bridgehead atoms. The number of benzene rings is 2. The van der Waals surface area contributed by atoms with Crippen molar-refractivity contribution < 1.29 is 9.59 Å². The van der Waals surface area contributed by atoms with Gasteiger partial charge in [-0.05, 0) is 24.3 Å². The van der Waals surface area contributed by atoms with Crippen LogP contribution in [0.2, 0.25) is 0 Å². The number of hydrogen-bond acceptors (Lipinski definition) is 4. The summed E-state index contributed by atoms with van der Waals surface area (Å²) in [5.74, 6) is -0.165. The Morgan fingerprint density at radius 3 is 2.46 bits per heavy atom. The van der Waals surface area contributed by atoms with E-state index < -0.39 is 0 Å². The summed E-state index contributed by atoms with van der Waals surface area (Å²) in [6, 6.07) is 16.7.